The summed E-state index contributed by atoms with van der Waals surface area (Å²) in [5.74, 6) is -0.768. The number of hydrogen-bond acceptors (Lipinski definition) is 5. The molecular formula is C14H18Cl2N2O4S. The second-order valence-electron chi connectivity index (χ2n) is 5.45. The lowest BCUT2D eigenvalue weighted by Crippen LogP contribution is -2.46. The second kappa shape index (κ2) is 7.36. The van der Waals surface area contributed by atoms with Crippen LogP contribution in [0.15, 0.2) is 18.2 Å². The van der Waals surface area contributed by atoms with Crippen LogP contribution in [0, 0.1) is 0 Å². The quantitative estimate of drug-likeness (QED) is 0.806. The summed E-state index contributed by atoms with van der Waals surface area (Å²) < 4.78 is 23.2. The molecule has 1 fully saturated rings. The van der Waals surface area contributed by atoms with Gasteiger partial charge in [-0.1, -0.05) is 30.1 Å². The van der Waals surface area contributed by atoms with E-state index >= 15 is 0 Å². The predicted octanol–water partition coefficient (Wildman–Crippen LogP) is 1.41. The van der Waals surface area contributed by atoms with Gasteiger partial charge in [0.15, 0.2) is 9.84 Å². The van der Waals surface area contributed by atoms with Crippen molar-refractivity contribution in [2.45, 2.75) is 19.1 Å². The Morgan fingerprint density at radius 3 is 2.65 bits per heavy atom. The number of carbonyl (C=O) groups excluding carboxylic acids is 1. The number of halogens is 2. The highest BCUT2D eigenvalue weighted by Gasteiger charge is 2.39. The van der Waals surface area contributed by atoms with Crippen LogP contribution in [-0.2, 0) is 14.6 Å². The van der Waals surface area contributed by atoms with E-state index in [4.69, 9.17) is 23.2 Å². The maximum atomic E-state index is 12.2. The molecule has 1 saturated heterocycles. The lowest BCUT2D eigenvalue weighted by atomic mass is 10.2. The van der Waals surface area contributed by atoms with Gasteiger partial charge in [-0.15, -0.1) is 0 Å². The summed E-state index contributed by atoms with van der Waals surface area (Å²) in [5, 5.41) is 13.4. The fourth-order valence-electron chi connectivity index (χ4n) is 2.59. The van der Waals surface area contributed by atoms with E-state index < -0.39 is 22.0 Å². The molecule has 0 aromatic heterocycles. The average molecular weight is 381 g/mol. The van der Waals surface area contributed by atoms with Gasteiger partial charge in [0.05, 0.1) is 40.9 Å². The first-order valence-corrected chi connectivity index (χ1v) is 9.67. The van der Waals surface area contributed by atoms with Crippen molar-refractivity contribution in [2.24, 2.45) is 0 Å². The summed E-state index contributed by atoms with van der Waals surface area (Å²) in [6, 6.07) is 4.14. The van der Waals surface area contributed by atoms with E-state index in [0.29, 0.717) is 22.3 Å². The molecule has 0 bridgehead atoms. The fourth-order valence-corrected chi connectivity index (χ4v) is 4.76. The van der Waals surface area contributed by atoms with Crippen molar-refractivity contribution in [2.75, 3.05) is 29.9 Å². The molecule has 6 nitrogen and oxygen atoms in total. The zero-order valence-corrected chi connectivity index (χ0v) is 14.8. The molecule has 2 N–H and O–H groups in total. The molecule has 0 saturated carbocycles. The summed E-state index contributed by atoms with van der Waals surface area (Å²) in [6.07, 6.45) is -0.984. The number of likely N-dealkylation sites (N-methyl/N-ethyl adjacent to an activating group) is 1. The normalized spacial score (nSPS) is 23.2. The summed E-state index contributed by atoms with van der Waals surface area (Å²) >= 11 is 11.9. The Morgan fingerprint density at radius 1 is 1.39 bits per heavy atom. The first-order valence-electron chi connectivity index (χ1n) is 7.09. The minimum absolute atomic E-state index is 0.0451. The Bertz CT molecular complexity index is 696. The van der Waals surface area contributed by atoms with Crippen LogP contribution in [0.3, 0.4) is 0 Å². The van der Waals surface area contributed by atoms with Gasteiger partial charge in [-0.2, -0.15) is 0 Å². The van der Waals surface area contributed by atoms with Crippen molar-refractivity contribution < 1.29 is 18.3 Å². The number of carbonyl (C=O) groups is 1. The number of aliphatic hydroxyl groups excluding tert-OH is 1. The van der Waals surface area contributed by atoms with Crippen LogP contribution in [0.5, 0.6) is 0 Å². The Balaban J connectivity index is 2.04. The zero-order chi connectivity index (χ0) is 17.2. The van der Waals surface area contributed by atoms with E-state index in [2.05, 4.69) is 5.32 Å². The van der Waals surface area contributed by atoms with Crippen molar-refractivity contribution in [3.05, 3.63) is 28.2 Å². The summed E-state index contributed by atoms with van der Waals surface area (Å²) in [4.78, 5) is 13.8. The Hall–Kier alpha value is -0.860. The van der Waals surface area contributed by atoms with Crippen molar-refractivity contribution in [1.82, 2.24) is 4.90 Å². The molecule has 128 valence electrons. The SMILES string of the molecule is CCN(CC(=O)Nc1cc(Cl)ccc1Cl)C1CS(=O)(=O)CC1O. The third-order valence-electron chi connectivity index (χ3n) is 3.72. The largest absolute Gasteiger partial charge is 0.390 e. The lowest BCUT2D eigenvalue weighted by Gasteiger charge is -2.28. The van der Waals surface area contributed by atoms with Crippen molar-refractivity contribution in [1.29, 1.82) is 0 Å². The average Bonchev–Trinajstić information content (AvgIpc) is 2.73. The van der Waals surface area contributed by atoms with Gasteiger partial charge in [0.25, 0.3) is 0 Å². The summed E-state index contributed by atoms with van der Waals surface area (Å²) in [6.45, 7) is 2.20. The van der Waals surface area contributed by atoms with Gasteiger partial charge >= 0.3 is 0 Å². The maximum absolute atomic E-state index is 12.2. The predicted molar refractivity (Wildman–Crippen MR) is 90.8 cm³/mol. The number of anilines is 1. The highest BCUT2D eigenvalue weighted by Crippen LogP contribution is 2.25. The van der Waals surface area contributed by atoms with Gasteiger partial charge in [-0.3, -0.25) is 9.69 Å². The summed E-state index contributed by atoms with van der Waals surface area (Å²) in [5.41, 5.74) is 0.389. The molecule has 23 heavy (non-hydrogen) atoms. The first-order chi connectivity index (χ1) is 10.7. The van der Waals surface area contributed by atoms with Crippen LogP contribution in [-0.4, -0.2) is 61.1 Å². The molecule has 2 atom stereocenters. The van der Waals surface area contributed by atoms with Crippen molar-refractivity contribution in [3.8, 4) is 0 Å². The number of aliphatic hydroxyl groups is 1. The Kier molecular flexibility index (Phi) is 5.91. The van der Waals surface area contributed by atoms with E-state index in [9.17, 15) is 18.3 Å². The molecule has 1 aromatic carbocycles. The Labute approximate surface area is 145 Å². The van der Waals surface area contributed by atoms with E-state index in [1.54, 1.807) is 24.0 Å². The van der Waals surface area contributed by atoms with E-state index in [0.717, 1.165) is 0 Å². The minimum atomic E-state index is -3.27. The van der Waals surface area contributed by atoms with E-state index in [1.165, 1.54) is 6.07 Å². The van der Waals surface area contributed by atoms with Gasteiger partial charge in [0.2, 0.25) is 5.91 Å². The zero-order valence-electron chi connectivity index (χ0n) is 12.5. The molecule has 0 spiro atoms. The van der Waals surface area contributed by atoms with Crippen LogP contribution in [0.1, 0.15) is 6.92 Å². The minimum Gasteiger partial charge on any atom is -0.390 e. The molecule has 9 heteroatoms. The highest BCUT2D eigenvalue weighted by molar-refractivity contribution is 7.91. The van der Waals surface area contributed by atoms with Gasteiger partial charge in [0, 0.05) is 5.02 Å². The van der Waals surface area contributed by atoms with Crippen LogP contribution < -0.4 is 5.32 Å². The molecular weight excluding hydrogens is 363 g/mol. The molecule has 2 rings (SSSR count). The van der Waals surface area contributed by atoms with Gasteiger partial charge in [-0.25, -0.2) is 8.42 Å². The molecule has 1 heterocycles. The maximum Gasteiger partial charge on any atom is 0.238 e. The number of rotatable bonds is 5. The smallest absolute Gasteiger partial charge is 0.238 e. The summed E-state index contributed by atoms with van der Waals surface area (Å²) in [7, 11) is -3.27. The van der Waals surface area contributed by atoms with Crippen LogP contribution >= 0.6 is 23.2 Å². The van der Waals surface area contributed by atoms with Crippen molar-refractivity contribution >= 4 is 44.6 Å². The van der Waals surface area contributed by atoms with Gasteiger partial charge < -0.3 is 10.4 Å². The standard InChI is InChI=1S/C14H18Cl2N2O4S/c1-2-18(12-7-23(21,22)8-13(12)19)6-14(20)17-11-5-9(15)3-4-10(11)16/h3-5,12-13,19H,2,6-8H2,1H3,(H,17,20). The number of hydrogen-bond donors (Lipinski definition) is 2. The third-order valence-corrected chi connectivity index (χ3v) is 5.98. The number of nitrogens with one attached hydrogen (secondary N) is 1. The second-order valence-corrected chi connectivity index (χ2v) is 8.44. The molecule has 1 aliphatic rings. The molecule has 2 unspecified atom stereocenters. The molecule has 1 aliphatic heterocycles. The van der Waals surface area contributed by atoms with Crippen LogP contribution in [0.25, 0.3) is 0 Å². The first kappa shape index (κ1) is 18.5. The lowest BCUT2D eigenvalue weighted by molar-refractivity contribution is -0.118. The number of nitrogens with zero attached hydrogens (tertiary/aromatic N) is 1. The molecule has 0 radical (unpaired) electrons. The monoisotopic (exact) mass is 380 g/mol. The van der Waals surface area contributed by atoms with Crippen molar-refractivity contribution in [3.63, 3.8) is 0 Å². The van der Waals surface area contributed by atoms with Crippen LogP contribution in [0.2, 0.25) is 10.0 Å². The Morgan fingerprint density at radius 2 is 2.09 bits per heavy atom. The van der Waals surface area contributed by atoms with Gasteiger partial charge in [-0.05, 0) is 24.7 Å². The van der Waals surface area contributed by atoms with Gasteiger partial charge in [0.1, 0.15) is 0 Å². The molecule has 1 amide bonds. The number of amides is 1. The van der Waals surface area contributed by atoms with Crippen LogP contribution in [0.4, 0.5) is 5.69 Å². The highest BCUT2D eigenvalue weighted by atomic mass is 35.5. The fraction of sp³-hybridized carbons (Fsp3) is 0.500. The molecule has 1 aromatic rings. The topological polar surface area (TPSA) is 86.7 Å². The van der Waals surface area contributed by atoms with E-state index in [-0.39, 0.29) is 24.0 Å². The van der Waals surface area contributed by atoms with E-state index in [1.807, 2.05) is 0 Å². The molecule has 0 aliphatic carbocycles. The number of sulfone groups is 1. The number of benzene rings is 1. The third kappa shape index (κ3) is 4.81.